The van der Waals surface area contributed by atoms with Crippen LogP contribution in [-0.4, -0.2) is 38.3 Å². The molecule has 0 saturated heterocycles. The fourth-order valence-electron chi connectivity index (χ4n) is 2.68. The van der Waals surface area contributed by atoms with E-state index in [9.17, 15) is 0 Å². The maximum Gasteiger partial charge on any atom is 0.0589 e. The molecule has 1 aromatic rings. The summed E-state index contributed by atoms with van der Waals surface area (Å²) >= 11 is 0. The normalized spacial score (nSPS) is 16.8. The van der Waals surface area contributed by atoms with Crippen molar-refractivity contribution in [1.29, 1.82) is 0 Å². The lowest BCUT2D eigenvalue weighted by Crippen LogP contribution is -2.36. The molecule has 0 bridgehead atoms. The summed E-state index contributed by atoms with van der Waals surface area (Å²) < 4.78 is 5.19. The largest absolute Gasteiger partial charge is 0.383 e. The van der Waals surface area contributed by atoms with E-state index >= 15 is 0 Å². The van der Waals surface area contributed by atoms with Crippen molar-refractivity contribution in [1.82, 2.24) is 4.90 Å². The molecule has 3 heteroatoms. The molecule has 19 heavy (non-hydrogen) atoms. The van der Waals surface area contributed by atoms with Gasteiger partial charge >= 0.3 is 0 Å². The third-order valence-corrected chi connectivity index (χ3v) is 4.00. The van der Waals surface area contributed by atoms with Crippen molar-refractivity contribution in [2.45, 2.75) is 31.7 Å². The van der Waals surface area contributed by atoms with Crippen molar-refractivity contribution in [3.8, 4) is 0 Å². The van der Waals surface area contributed by atoms with E-state index in [-0.39, 0.29) is 0 Å². The number of rotatable bonds is 8. The number of ether oxygens (including phenoxy) is 1. The van der Waals surface area contributed by atoms with Gasteiger partial charge in [0.25, 0.3) is 0 Å². The Morgan fingerprint density at radius 1 is 1.42 bits per heavy atom. The number of hydrogen-bond acceptors (Lipinski definition) is 3. The van der Waals surface area contributed by atoms with Crippen molar-refractivity contribution in [2.24, 2.45) is 5.73 Å². The predicted molar refractivity (Wildman–Crippen MR) is 79.3 cm³/mol. The Balaban J connectivity index is 2.12. The summed E-state index contributed by atoms with van der Waals surface area (Å²) in [5, 5.41) is 0. The number of likely N-dealkylation sites (N-methyl/N-ethyl adjacent to an activating group) is 1. The van der Waals surface area contributed by atoms with Gasteiger partial charge < -0.3 is 10.5 Å². The van der Waals surface area contributed by atoms with Crippen LogP contribution in [0.1, 0.15) is 42.9 Å². The molecule has 1 aromatic carbocycles. The second kappa shape index (κ2) is 7.04. The zero-order valence-electron chi connectivity index (χ0n) is 12.1. The first kappa shape index (κ1) is 14.5. The van der Waals surface area contributed by atoms with Gasteiger partial charge in [0.15, 0.2) is 0 Å². The number of nitrogens with two attached hydrogens (primary N) is 1. The highest BCUT2D eigenvalue weighted by molar-refractivity contribution is 5.31. The van der Waals surface area contributed by atoms with Crippen LogP contribution in [0, 0.1) is 0 Å². The van der Waals surface area contributed by atoms with Gasteiger partial charge in [-0.1, -0.05) is 31.2 Å². The third-order valence-electron chi connectivity index (χ3n) is 4.00. The Labute approximate surface area is 116 Å². The smallest absolute Gasteiger partial charge is 0.0589 e. The fourth-order valence-corrected chi connectivity index (χ4v) is 2.68. The average molecular weight is 262 g/mol. The number of methoxy groups -OCH3 is 1. The summed E-state index contributed by atoms with van der Waals surface area (Å²) in [7, 11) is 1.75. The number of benzene rings is 1. The van der Waals surface area contributed by atoms with Crippen molar-refractivity contribution < 1.29 is 4.74 Å². The Hall–Kier alpha value is -0.900. The van der Waals surface area contributed by atoms with E-state index in [0.29, 0.717) is 12.6 Å². The Bertz CT molecular complexity index is 390. The first-order valence-corrected chi connectivity index (χ1v) is 7.33. The molecule has 2 rings (SSSR count). The van der Waals surface area contributed by atoms with Crippen LogP contribution in [0.3, 0.4) is 0 Å². The molecule has 0 amide bonds. The van der Waals surface area contributed by atoms with Crippen LogP contribution in [0.25, 0.3) is 0 Å². The molecule has 1 atom stereocenters. The molecule has 0 aromatic heterocycles. The van der Waals surface area contributed by atoms with Crippen LogP contribution in [-0.2, 0) is 4.74 Å². The van der Waals surface area contributed by atoms with Gasteiger partial charge in [0.05, 0.1) is 6.61 Å². The minimum atomic E-state index is 0.304. The fraction of sp³-hybridized carbons (Fsp3) is 0.625. The Morgan fingerprint density at radius 3 is 2.79 bits per heavy atom. The van der Waals surface area contributed by atoms with Gasteiger partial charge in [-0.25, -0.2) is 0 Å². The topological polar surface area (TPSA) is 38.5 Å². The third kappa shape index (κ3) is 3.78. The lowest BCUT2D eigenvalue weighted by Gasteiger charge is -2.30. The van der Waals surface area contributed by atoms with Crippen molar-refractivity contribution >= 4 is 0 Å². The van der Waals surface area contributed by atoms with E-state index < -0.39 is 0 Å². The highest BCUT2D eigenvalue weighted by Gasteiger charge is 2.25. The van der Waals surface area contributed by atoms with E-state index in [0.717, 1.165) is 25.6 Å². The first-order valence-electron chi connectivity index (χ1n) is 7.33. The Kier molecular flexibility index (Phi) is 5.37. The van der Waals surface area contributed by atoms with Crippen LogP contribution in [0.4, 0.5) is 0 Å². The molecule has 0 radical (unpaired) electrons. The first-order chi connectivity index (χ1) is 9.30. The summed E-state index contributed by atoms with van der Waals surface area (Å²) in [4.78, 5) is 2.40. The molecular weight excluding hydrogens is 236 g/mol. The summed E-state index contributed by atoms with van der Waals surface area (Å²) in [6.07, 6.45) is 2.69. The van der Waals surface area contributed by atoms with E-state index in [4.69, 9.17) is 10.5 Å². The van der Waals surface area contributed by atoms with E-state index in [1.165, 1.54) is 24.0 Å². The van der Waals surface area contributed by atoms with E-state index in [1.54, 1.807) is 7.11 Å². The van der Waals surface area contributed by atoms with Crippen LogP contribution in [0.5, 0.6) is 0 Å². The number of nitrogens with zero attached hydrogens (tertiary/aromatic N) is 1. The summed E-state index contributed by atoms with van der Waals surface area (Å²) in [6, 6.07) is 9.29. The molecule has 0 spiro atoms. The van der Waals surface area contributed by atoms with Crippen LogP contribution < -0.4 is 5.73 Å². The molecule has 1 unspecified atom stereocenters. The van der Waals surface area contributed by atoms with E-state index in [2.05, 4.69) is 36.1 Å². The lowest BCUT2D eigenvalue weighted by atomic mass is 10.0. The molecule has 0 aliphatic heterocycles. The minimum absolute atomic E-state index is 0.304. The maximum absolute atomic E-state index is 6.01. The summed E-state index contributed by atoms with van der Waals surface area (Å²) in [6.45, 7) is 5.53. The molecular formula is C16H26N2O. The molecule has 1 aliphatic rings. The highest BCUT2D eigenvalue weighted by Crippen LogP contribution is 2.40. The van der Waals surface area contributed by atoms with Crippen molar-refractivity contribution in [3.05, 3.63) is 35.4 Å². The van der Waals surface area contributed by atoms with Crippen molar-refractivity contribution in [2.75, 3.05) is 33.4 Å². The lowest BCUT2D eigenvalue weighted by molar-refractivity contribution is 0.125. The van der Waals surface area contributed by atoms with Crippen LogP contribution in [0.2, 0.25) is 0 Å². The van der Waals surface area contributed by atoms with E-state index in [1.807, 2.05) is 0 Å². The minimum Gasteiger partial charge on any atom is -0.383 e. The standard InChI is InChI=1S/C16H26N2O/c1-3-18(9-10-19-2)16(12-17)15-6-4-5-14(11-15)13-7-8-13/h4-6,11,13,16H,3,7-10,12,17H2,1-2H3. The SMILES string of the molecule is CCN(CCOC)C(CN)c1cccc(C2CC2)c1. The van der Waals surface area contributed by atoms with Gasteiger partial charge in [0.1, 0.15) is 0 Å². The molecule has 1 saturated carbocycles. The van der Waals surface area contributed by atoms with Gasteiger partial charge in [0, 0.05) is 26.2 Å². The molecule has 1 aliphatic carbocycles. The predicted octanol–water partition coefficient (Wildman–Crippen LogP) is 2.53. The molecule has 2 N–H and O–H groups in total. The van der Waals surface area contributed by atoms with Gasteiger partial charge in [-0.05, 0) is 36.4 Å². The molecule has 1 fully saturated rings. The van der Waals surface area contributed by atoms with Gasteiger partial charge in [0.2, 0.25) is 0 Å². The Morgan fingerprint density at radius 2 is 2.21 bits per heavy atom. The van der Waals surface area contributed by atoms with Crippen LogP contribution >= 0.6 is 0 Å². The summed E-state index contributed by atoms with van der Waals surface area (Å²) in [5.41, 5.74) is 8.85. The van der Waals surface area contributed by atoms with Crippen molar-refractivity contribution in [3.63, 3.8) is 0 Å². The molecule has 0 heterocycles. The second-order valence-corrected chi connectivity index (χ2v) is 5.32. The van der Waals surface area contributed by atoms with Crippen LogP contribution in [0.15, 0.2) is 24.3 Å². The highest BCUT2D eigenvalue weighted by atomic mass is 16.5. The zero-order chi connectivity index (χ0) is 13.7. The summed E-state index contributed by atoms with van der Waals surface area (Å²) in [5.74, 6) is 0.799. The molecule has 106 valence electrons. The maximum atomic E-state index is 6.01. The van der Waals surface area contributed by atoms with Gasteiger partial charge in [-0.2, -0.15) is 0 Å². The van der Waals surface area contributed by atoms with Gasteiger partial charge in [-0.3, -0.25) is 4.90 Å². The second-order valence-electron chi connectivity index (χ2n) is 5.32. The monoisotopic (exact) mass is 262 g/mol. The average Bonchev–Trinajstić information content (AvgIpc) is 3.28. The quantitative estimate of drug-likeness (QED) is 0.782. The molecule has 3 nitrogen and oxygen atoms in total. The number of hydrogen-bond donors (Lipinski definition) is 1. The van der Waals surface area contributed by atoms with Gasteiger partial charge in [-0.15, -0.1) is 0 Å². The zero-order valence-corrected chi connectivity index (χ0v) is 12.1.